The highest BCUT2D eigenvalue weighted by Crippen LogP contribution is 2.52. The Bertz CT molecular complexity index is 1170. The van der Waals surface area contributed by atoms with Crippen LogP contribution in [0.2, 0.25) is 18.1 Å². The number of hydrogen-bond acceptors (Lipinski definition) is 5. The minimum absolute atomic E-state index is 0.0844. The van der Waals surface area contributed by atoms with Gasteiger partial charge >= 0.3 is 0 Å². The lowest BCUT2D eigenvalue weighted by atomic mass is 9.89. The molecule has 4 nitrogen and oxygen atoms in total. The number of thioether (sulfide) groups is 1. The van der Waals surface area contributed by atoms with E-state index in [1.54, 1.807) is 14.2 Å². The van der Waals surface area contributed by atoms with E-state index in [9.17, 15) is 0 Å². The molecule has 0 saturated heterocycles. The summed E-state index contributed by atoms with van der Waals surface area (Å²) in [5.41, 5.74) is 3.69. The van der Waals surface area contributed by atoms with E-state index in [0.717, 1.165) is 28.8 Å². The lowest BCUT2D eigenvalue weighted by Crippen LogP contribution is -2.44. The third kappa shape index (κ3) is 5.70. The molecule has 1 heterocycles. The third-order valence-electron chi connectivity index (χ3n) is 7.37. The number of ether oxygens (including phenoxy) is 3. The van der Waals surface area contributed by atoms with E-state index in [1.165, 1.54) is 16.7 Å². The summed E-state index contributed by atoms with van der Waals surface area (Å²) in [6, 6.07) is 23.1. The Hall–Kier alpha value is -2.57. The first-order valence-electron chi connectivity index (χ1n) is 12.5. The van der Waals surface area contributed by atoms with Crippen LogP contribution >= 0.6 is 11.8 Å². The summed E-state index contributed by atoms with van der Waals surface area (Å²) in [5, 5.41) is 0.288. The Morgan fingerprint density at radius 1 is 0.889 bits per heavy atom. The molecule has 0 saturated carbocycles. The summed E-state index contributed by atoms with van der Waals surface area (Å²) in [7, 11) is 1.32. The Labute approximate surface area is 221 Å². The third-order valence-corrected chi connectivity index (χ3v) is 13.2. The molecule has 1 aliphatic heterocycles. The normalized spacial score (nSPS) is 17.6. The van der Waals surface area contributed by atoms with Crippen LogP contribution in [0.5, 0.6) is 23.0 Å². The number of hydrogen-bond donors (Lipinski definition) is 0. The van der Waals surface area contributed by atoms with Gasteiger partial charge in [0.25, 0.3) is 0 Å². The zero-order valence-electron chi connectivity index (χ0n) is 22.5. The summed E-state index contributed by atoms with van der Waals surface area (Å²) in [4.78, 5) is 0. The molecule has 0 N–H and O–H groups in total. The van der Waals surface area contributed by atoms with Crippen molar-refractivity contribution in [2.24, 2.45) is 0 Å². The van der Waals surface area contributed by atoms with E-state index in [2.05, 4.69) is 82.4 Å². The smallest absolute Gasteiger partial charge is 0.250 e. The lowest BCUT2D eigenvalue weighted by molar-refractivity contribution is 0.256. The Morgan fingerprint density at radius 2 is 1.53 bits per heavy atom. The molecule has 1 aliphatic rings. The maximum absolute atomic E-state index is 6.90. The Morgan fingerprint density at radius 3 is 2.17 bits per heavy atom. The van der Waals surface area contributed by atoms with Gasteiger partial charge in [-0.1, -0.05) is 63.2 Å². The van der Waals surface area contributed by atoms with Crippen molar-refractivity contribution < 1.29 is 18.6 Å². The molecule has 6 heteroatoms. The van der Waals surface area contributed by atoms with Gasteiger partial charge in [0.2, 0.25) is 8.32 Å². The first-order chi connectivity index (χ1) is 17.1. The van der Waals surface area contributed by atoms with Gasteiger partial charge in [-0.15, -0.1) is 11.8 Å². The second kappa shape index (κ2) is 10.8. The van der Waals surface area contributed by atoms with Gasteiger partial charge in [-0.05, 0) is 35.8 Å². The van der Waals surface area contributed by atoms with Crippen LogP contribution in [0.4, 0.5) is 0 Å². The molecule has 4 rings (SSSR count). The van der Waals surface area contributed by atoms with Crippen molar-refractivity contribution in [3.63, 3.8) is 0 Å². The fraction of sp³-hybridized carbons (Fsp3) is 0.400. The van der Waals surface area contributed by atoms with Crippen LogP contribution in [-0.4, -0.2) is 29.1 Å². The molecular weight excluding hydrogens is 484 g/mol. The standard InChI is InChI=1S/C30H38O4SSi/c1-30(2,3)36(6,7)34-28-18-23(32-5)13-15-24(28)26-19-33-27-17-22(31-4)14-16-25(27)29(26)35-20-21-11-9-8-10-12-21/h8-18,26,29H,19-20H2,1-7H3/t26-,29+/m1/s1. The second-order valence-electron chi connectivity index (χ2n) is 10.8. The zero-order chi connectivity index (χ0) is 25.9. The van der Waals surface area contributed by atoms with Crippen molar-refractivity contribution in [3.8, 4) is 23.0 Å². The molecule has 0 fully saturated rings. The topological polar surface area (TPSA) is 36.9 Å². The van der Waals surface area contributed by atoms with E-state index in [1.807, 2.05) is 30.0 Å². The molecule has 0 spiro atoms. The summed E-state index contributed by atoms with van der Waals surface area (Å²) in [6.45, 7) is 12.0. The maximum Gasteiger partial charge on any atom is 0.250 e. The number of rotatable bonds is 8. The van der Waals surface area contributed by atoms with Gasteiger partial charge in [0.15, 0.2) is 0 Å². The van der Waals surface area contributed by atoms with Crippen LogP contribution in [0.3, 0.4) is 0 Å². The van der Waals surface area contributed by atoms with Crippen molar-refractivity contribution >= 4 is 20.1 Å². The van der Waals surface area contributed by atoms with E-state index < -0.39 is 8.32 Å². The molecule has 0 bridgehead atoms. The summed E-state index contributed by atoms with van der Waals surface area (Å²) in [6.07, 6.45) is 0. The average molecular weight is 523 g/mol. The average Bonchev–Trinajstić information content (AvgIpc) is 2.86. The fourth-order valence-electron chi connectivity index (χ4n) is 4.17. The molecule has 0 radical (unpaired) electrons. The molecule has 3 aromatic rings. The van der Waals surface area contributed by atoms with Gasteiger partial charge in [-0.2, -0.15) is 0 Å². The lowest BCUT2D eigenvalue weighted by Gasteiger charge is -2.39. The molecule has 2 atom stereocenters. The second-order valence-corrected chi connectivity index (χ2v) is 16.7. The van der Waals surface area contributed by atoms with Gasteiger partial charge in [-0.3, -0.25) is 0 Å². The molecule has 3 aromatic carbocycles. The van der Waals surface area contributed by atoms with Crippen molar-refractivity contribution in [1.29, 1.82) is 0 Å². The van der Waals surface area contributed by atoms with Gasteiger partial charge in [-0.25, -0.2) is 0 Å². The van der Waals surface area contributed by atoms with E-state index in [0.29, 0.717) is 6.61 Å². The molecular formula is C30H38O4SSi. The summed E-state index contributed by atoms with van der Waals surface area (Å²) >= 11 is 1.96. The van der Waals surface area contributed by atoms with Crippen LogP contribution in [0.25, 0.3) is 0 Å². The van der Waals surface area contributed by atoms with E-state index in [-0.39, 0.29) is 16.2 Å². The number of benzene rings is 3. The summed E-state index contributed by atoms with van der Waals surface area (Å²) in [5.74, 6) is 4.48. The Kier molecular flexibility index (Phi) is 7.96. The van der Waals surface area contributed by atoms with Crippen LogP contribution in [0.1, 0.15) is 48.6 Å². The van der Waals surface area contributed by atoms with Crippen LogP contribution in [0, 0.1) is 0 Å². The molecule has 0 unspecified atom stereocenters. The molecule has 36 heavy (non-hydrogen) atoms. The van der Waals surface area contributed by atoms with Gasteiger partial charge in [0.05, 0.1) is 20.8 Å². The van der Waals surface area contributed by atoms with Gasteiger partial charge in [0.1, 0.15) is 23.0 Å². The first-order valence-corrected chi connectivity index (χ1v) is 16.4. The van der Waals surface area contributed by atoms with E-state index >= 15 is 0 Å². The van der Waals surface area contributed by atoms with Crippen LogP contribution in [-0.2, 0) is 5.75 Å². The maximum atomic E-state index is 6.90. The predicted molar refractivity (Wildman–Crippen MR) is 153 cm³/mol. The Balaban J connectivity index is 1.75. The number of fused-ring (bicyclic) bond motifs is 1. The van der Waals surface area contributed by atoms with Crippen molar-refractivity contribution in [1.82, 2.24) is 0 Å². The highest BCUT2D eigenvalue weighted by molar-refractivity contribution is 7.98. The minimum atomic E-state index is -2.07. The largest absolute Gasteiger partial charge is 0.543 e. The minimum Gasteiger partial charge on any atom is -0.543 e. The highest BCUT2D eigenvalue weighted by atomic mass is 32.2. The van der Waals surface area contributed by atoms with Crippen molar-refractivity contribution in [3.05, 3.63) is 83.4 Å². The van der Waals surface area contributed by atoms with Crippen LogP contribution < -0.4 is 18.6 Å². The SMILES string of the molecule is COc1ccc([C@H]2COc3cc(OC)ccc3[C@@H]2SCc2ccccc2)c(O[Si](C)(C)C(C)(C)C)c1. The van der Waals surface area contributed by atoms with E-state index in [4.69, 9.17) is 18.6 Å². The molecule has 0 aromatic heterocycles. The molecule has 0 amide bonds. The van der Waals surface area contributed by atoms with Crippen molar-refractivity contribution in [2.75, 3.05) is 20.8 Å². The first kappa shape index (κ1) is 26.5. The van der Waals surface area contributed by atoms with Crippen molar-refractivity contribution in [2.45, 2.75) is 55.8 Å². The van der Waals surface area contributed by atoms with Gasteiger partial charge < -0.3 is 18.6 Å². The highest BCUT2D eigenvalue weighted by Gasteiger charge is 2.41. The fourth-order valence-corrected chi connectivity index (χ4v) is 6.60. The monoisotopic (exact) mass is 522 g/mol. The summed E-state index contributed by atoms with van der Waals surface area (Å²) < 4.78 is 24.3. The molecule has 192 valence electrons. The molecule has 0 aliphatic carbocycles. The zero-order valence-corrected chi connectivity index (χ0v) is 24.3. The number of methoxy groups -OCH3 is 2. The quantitative estimate of drug-likeness (QED) is 0.278. The van der Waals surface area contributed by atoms with Crippen LogP contribution in [0.15, 0.2) is 66.7 Å². The van der Waals surface area contributed by atoms with Gasteiger partial charge in [0, 0.05) is 40.2 Å². The predicted octanol–water partition coefficient (Wildman–Crippen LogP) is 8.24.